The molecule has 0 aromatic heterocycles. The molecule has 2 amide bonds. The number of benzene rings is 2. The molecular formula is C19H20Cl2N2O4. The quantitative estimate of drug-likeness (QED) is 0.489. The normalized spacial score (nSPS) is 11.6. The van der Waals surface area contributed by atoms with Gasteiger partial charge in [-0.05, 0) is 31.0 Å². The van der Waals surface area contributed by atoms with Crippen LogP contribution in [0.2, 0.25) is 10.0 Å². The number of phenolic OH excluding ortho intramolecular Hbond substituents is 1. The Morgan fingerprint density at radius 3 is 2.52 bits per heavy atom. The Labute approximate surface area is 167 Å². The van der Waals surface area contributed by atoms with E-state index in [-0.39, 0.29) is 29.5 Å². The van der Waals surface area contributed by atoms with Crippen molar-refractivity contribution in [1.29, 1.82) is 0 Å². The van der Waals surface area contributed by atoms with Crippen LogP contribution in [-0.4, -0.2) is 29.8 Å². The topological polar surface area (TPSA) is 87.7 Å². The van der Waals surface area contributed by atoms with E-state index in [0.29, 0.717) is 10.6 Å². The van der Waals surface area contributed by atoms with E-state index in [4.69, 9.17) is 27.9 Å². The number of aromatic hydroxyl groups is 1. The van der Waals surface area contributed by atoms with Gasteiger partial charge in [0.1, 0.15) is 6.04 Å². The monoisotopic (exact) mass is 410 g/mol. The maximum atomic E-state index is 12.4. The van der Waals surface area contributed by atoms with Crippen molar-refractivity contribution in [3.8, 4) is 5.75 Å². The molecule has 0 bridgehead atoms. The van der Waals surface area contributed by atoms with Gasteiger partial charge in [0.2, 0.25) is 0 Å². The minimum absolute atomic E-state index is 0.0374. The third kappa shape index (κ3) is 5.52. The van der Waals surface area contributed by atoms with E-state index < -0.39 is 18.0 Å². The first-order chi connectivity index (χ1) is 12.8. The minimum Gasteiger partial charge on any atom is -0.504 e. The Morgan fingerprint density at radius 2 is 1.89 bits per heavy atom. The van der Waals surface area contributed by atoms with Gasteiger partial charge in [-0.15, -0.1) is 0 Å². The fourth-order valence-electron chi connectivity index (χ4n) is 2.40. The van der Waals surface area contributed by atoms with Gasteiger partial charge in [-0.25, -0.2) is 9.59 Å². The van der Waals surface area contributed by atoms with Gasteiger partial charge in [-0.2, -0.15) is 0 Å². The average Bonchev–Trinajstić information content (AvgIpc) is 2.65. The van der Waals surface area contributed by atoms with Crippen LogP contribution in [-0.2, 0) is 16.0 Å². The van der Waals surface area contributed by atoms with E-state index in [0.717, 1.165) is 5.56 Å². The molecule has 2 aromatic carbocycles. The van der Waals surface area contributed by atoms with Gasteiger partial charge in [0.05, 0.1) is 17.3 Å². The molecule has 0 saturated carbocycles. The molecule has 1 atom stereocenters. The van der Waals surface area contributed by atoms with E-state index in [9.17, 15) is 14.7 Å². The Balaban J connectivity index is 2.15. The maximum Gasteiger partial charge on any atom is 0.329 e. The number of phenols is 1. The number of rotatable bonds is 6. The first-order valence-electron chi connectivity index (χ1n) is 8.29. The van der Waals surface area contributed by atoms with Crippen molar-refractivity contribution in [2.75, 3.05) is 11.9 Å². The van der Waals surface area contributed by atoms with E-state index in [1.165, 1.54) is 6.07 Å². The zero-order chi connectivity index (χ0) is 20.0. The van der Waals surface area contributed by atoms with Crippen molar-refractivity contribution in [2.24, 2.45) is 0 Å². The van der Waals surface area contributed by atoms with Crippen molar-refractivity contribution in [3.63, 3.8) is 0 Å². The smallest absolute Gasteiger partial charge is 0.329 e. The molecule has 0 radical (unpaired) electrons. The number of nitrogens with one attached hydrogen (secondary N) is 2. The molecule has 0 spiro atoms. The van der Waals surface area contributed by atoms with Gasteiger partial charge < -0.3 is 20.5 Å². The lowest BCUT2D eigenvalue weighted by atomic mass is 10.1. The fraction of sp³-hybridized carbons (Fsp3) is 0.263. The molecule has 8 heteroatoms. The highest BCUT2D eigenvalue weighted by Crippen LogP contribution is 2.38. The lowest BCUT2D eigenvalue weighted by Gasteiger charge is -2.18. The first-order valence-corrected chi connectivity index (χ1v) is 9.04. The van der Waals surface area contributed by atoms with Gasteiger partial charge in [0.25, 0.3) is 0 Å². The van der Waals surface area contributed by atoms with Crippen LogP contribution in [0.4, 0.5) is 10.5 Å². The van der Waals surface area contributed by atoms with E-state index in [2.05, 4.69) is 10.6 Å². The summed E-state index contributed by atoms with van der Waals surface area (Å²) in [4.78, 5) is 24.6. The second-order valence-electron chi connectivity index (χ2n) is 5.79. The Bertz CT molecular complexity index is 828. The number of urea groups is 1. The number of halogens is 2. The Kier molecular flexibility index (Phi) is 7.33. The molecule has 2 aromatic rings. The first kappa shape index (κ1) is 20.9. The van der Waals surface area contributed by atoms with Crippen molar-refractivity contribution in [1.82, 2.24) is 5.32 Å². The number of esters is 1. The van der Waals surface area contributed by atoms with Crippen LogP contribution in [0, 0.1) is 6.92 Å². The molecule has 0 fully saturated rings. The van der Waals surface area contributed by atoms with Crippen molar-refractivity contribution < 1.29 is 19.4 Å². The van der Waals surface area contributed by atoms with Gasteiger partial charge in [0, 0.05) is 11.4 Å². The second kappa shape index (κ2) is 9.48. The number of amides is 2. The summed E-state index contributed by atoms with van der Waals surface area (Å²) in [6.07, 6.45) is 0.258. The molecule has 6 nitrogen and oxygen atoms in total. The lowest BCUT2D eigenvalue weighted by Crippen LogP contribution is -2.45. The number of hydrogen-bond donors (Lipinski definition) is 3. The molecule has 0 aliphatic heterocycles. The van der Waals surface area contributed by atoms with Crippen LogP contribution >= 0.6 is 23.2 Å². The van der Waals surface area contributed by atoms with Gasteiger partial charge in [-0.1, -0.05) is 53.5 Å². The zero-order valence-electron chi connectivity index (χ0n) is 14.9. The van der Waals surface area contributed by atoms with Crippen LogP contribution in [0.3, 0.4) is 0 Å². The summed E-state index contributed by atoms with van der Waals surface area (Å²) >= 11 is 12.0. The van der Waals surface area contributed by atoms with Crippen LogP contribution in [0.1, 0.15) is 18.1 Å². The van der Waals surface area contributed by atoms with Crippen LogP contribution in [0.15, 0.2) is 36.4 Å². The standard InChI is InChI=1S/C19H20Cl2N2O4/c1-3-27-18(25)15(9-12-7-5-4-6-8-12)23-19(26)22-14-10-13(20)11(2)16(21)17(14)24/h4-8,10,15,24H,3,9H2,1-2H3,(H2,22,23,26). The Hall–Kier alpha value is -2.44. The number of anilines is 1. The third-order valence-electron chi connectivity index (χ3n) is 3.83. The van der Waals surface area contributed by atoms with E-state index >= 15 is 0 Å². The number of hydrogen-bond acceptors (Lipinski definition) is 4. The molecule has 3 N–H and O–H groups in total. The molecule has 0 aliphatic carbocycles. The molecule has 144 valence electrons. The van der Waals surface area contributed by atoms with Crippen LogP contribution in [0.5, 0.6) is 5.75 Å². The third-order valence-corrected chi connectivity index (χ3v) is 4.68. The fourth-order valence-corrected chi connectivity index (χ4v) is 2.86. The van der Waals surface area contributed by atoms with Gasteiger partial charge in [0.15, 0.2) is 5.75 Å². The SMILES string of the molecule is CCOC(=O)C(Cc1ccccc1)NC(=O)Nc1cc(Cl)c(C)c(Cl)c1O. The number of ether oxygens (including phenoxy) is 1. The predicted molar refractivity (Wildman–Crippen MR) is 106 cm³/mol. The van der Waals surface area contributed by atoms with Crippen molar-refractivity contribution in [2.45, 2.75) is 26.3 Å². The highest BCUT2D eigenvalue weighted by atomic mass is 35.5. The second-order valence-corrected chi connectivity index (χ2v) is 6.57. The summed E-state index contributed by atoms with van der Waals surface area (Å²) in [5, 5.41) is 15.4. The van der Waals surface area contributed by atoms with Crippen LogP contribution in [0.25, 0.3) is 0 Å². The van der Waals surface area contributed by atoms with Crippen LogP contribution < -0.4 is 10.6 Å². The summed E-state index contributed by atoms with van der Waals surface area (Å²) in [5.74, 6) is -0.856. The van der Waals surface area contributed by atoms with Gasteiger partial charge >= 0.3 is 12.0 Å². The molecule has 2 rings (SSSR count). The highest BCUT2D eigenvalue weighted by Gasteiger charge is 2.23. The molecular weight excluding hydrogens is 391 g/mol. The molecule has 0 aliphatic rings. The van der Waals surface area contributed by atoms with Crippen molar-refractivity contribution >= 4 is 40.9 Å². The summed E-state index contributed by atoms with van der Waals surface area (Å²) < 4.78 is 5.03. The molecule has 27 heavy (non-hydrogen) atoms. The summed E-state index contributed by atoms with van der Waals surface area (Å²) in [6, 6.07) is 9.01. The molecule has 1 unspecified atom stereocenters. The summed E-state index contributed by atoms with van der Waals surface area (Å²) in [6.45, 7) is 3.52. The average molecular weight is 411 g/mol. The number of carbonyl (C=O) groups excluding carboxylic acids is 2. The minimum atomic E-state index is -0.897. The van der Waals surface area contributed by atoms with Gasteiger partial charge in [-0.3, -0.25) is 0 Å². The lowest BCUT2D eigenvalue weighted by molar-refractivity contribution is -0.145. The summed E-state index contributed by atoms with van der Waals surface area (Å²) in [7, 11) is 0. The van der Waals surface area contributed by atoms with Crippen molar-refractivity contribution in [3.05, 3.63) is 57.6 Å². The molecule has 0 saturated heterocycles. The largest absolute Gasteiger partial charge is 0.504 e. The van der Waals surface area contributed by atoms with E-state index in [1.807, 2.05) is 30.3 Å². The zero-order valence-corrected chi connectivity index (χ0v) is 16.4. The summed E-state index contributed by atoms with van der Waals surface area (Å²) in [5.41, 5.74) is 1.39. The van der Waals surface area contributed by atoms with E-state index in [1.54, 1.807) is 13.8 Å². The Morgan fingerprint density at radius 1 is 1.22 bits per heavy atom. The molecule has 0 heterocycles. The highest BCUT2D eigenvalue weighted by molar-refractivity contribution is 6.37. The maximum absolute atomic E-state index is 12.4. The number of carbonyl (C=O) groups is 2. The predicted octanol–water partition coefficient (Wildman–Crippen LogP) is 4.30.